The summed E-state index contributed by atoms with van der Waals surface area (Å²) >= 11 is 11.7. The quantitative estimate of drug-likeness (QED) is 0.695. The minimum Gasteiger partial charge on any atom is -0.502 e. The molecule has 0 radical (unpaired) electrons. The molecule has 2 rings (SSSR count). The third-order valence-corrected chi connectivity index (χ3v) is 4.38. The van der Waals surface area contributed by atoms with Gasteiger partial charge < -0.3 is 15.0 Å². The SMILES string of the molecule is O=C(NCCCc1ccc(Cl)c(Cl)c1)c1ccn(CC(F)(F)F)c(=O)c1O. The van der Waals surface area contributed by atoms with Gasteiger partial charge in [0.05, 0.1) is 15.6 Å². The standard InChI is InChI=1S/C17H15Cl2F3N2O3/c18-12-4-3-10(8-13(12)19)2-1-6-23-15(26)11-5-7-24(9-17(20,21)22)16(27)14(11)25/h3-5,7-8,25H,1-2,6,9H2,(H,23,26). The predicted octanol–water partition coefficient (Wildman–Crippen LogP) is 3.79. The summed E-state index contributed by atoms with van der Waals surface area (Å²) in [5.41, 5.74) is -0.750. The number of aromatic hydroxyl groups is 1. The van der Waals surface area contributed by atoms with Crippen molar-refractivity contribution in [2.24, 2.45) is 0 Å². The highest BCUT2D eigenvalue weighted by atomic mass is 35.5. The van der Waals surface area contributed by atoms with Gasteiger partial charge >= 0.3 is 6.18 Å². The molecule has 0 fully saturated rings. The van der Waals surface area contributed by atoms with Gasteiger partial charge in [-0.1, -0.05) is 29.3 Å². The maximum Gasteiger partial charge on any atom is 0.406 e. The second-order valence-electron chi connectivity index (χ2n) is 5.73. The normalized spacial score (nSPS) is 11.4. The number of rotatable bonds is 6. The lowest BCUT2D eigenvalue weighted by atomic mass is 10.1. The molecular formula is C17H15Cl2F3N2O3. The molecule has 1 aromatic heterocycles. The van der Waals surface area contributed by atoms with Gasteiger partial charge in [0.1, 0.15) is 6.54 Å². The van der Waals surface area contributed by atoms with E-state index in [2.05, 4.69) is 5.32 Å². The molecule has 0 aliphatic heterocycles. The van der Waals surface area contributed by atoms with Gasteiger partial charge in [-0.15, -0.1) is 0 Å². The molecule has 1 aromatic carbocycles. The minimum atomic E-state index is -4.62. The number of pyridine rings is 1. The van der Waals surface area contributed by atoms with Crippen LogP contribution in [0.15, 0.2) is 35.3 Å². The Kier molecular flexibility index (Phi) is 6.78. The highest BCUT2D eigenvalue weighted by Gasteiger charge is 2.29. The van der Waals surface area contributed by atoms with E-state index in [1.807, 2.05) is 0 Å². The van der Waals surface area contributed by atoms with E-state index < -0.39 is 29.9 Å². The highest BCUT2D eigenvalue weighted by Crippen LogP contribution is 2.23. The van der Waals surface area contributed by atoms with Gasteiger partial charge in [-0.25, -0.2) is 0 Å². The molecule has 1 heterocycles. The number of amides is 1. The Labute approximate surface area is 162 Å². The first kappa shape index (κ1) is 21.1. The molecule has 146 valence electrons. The van der Waals surface area contributed by atoms with Crippen molar-refractivity contribution in [3.63, 3.8) is 0 Å². The van der Waals surface area contributed by atoms with Gasteiger partial charge in [0.15, 0.2) is 5.75 Å². The molecule has 0 saturated carbocycles. The smallest absolute Gasteiger partial charge is 0.406 e. The monoisotopic (exact) mass is 422 g/mol. The van der Waals surface area contributed by atoms with Crippen LogP contribution in [0.1, 0.15) is 22.3 Å². The zero-order chi connectivity index (χ0) is 20.2. The first-order valence-electron chi connectivity index (χ1n) is 7.80. The number of benzene rings is 1. The van der Waals surface area contributed by atoms with Crippen LogP contribution in [0.4, 0.5) is 13.2 Å². The Morgan fingerprint density at radius 1 is 1.19 bits per heavy atom. The van der Waals surface area contributed by atoms with Crippen LogP contribution in [0.3, 0.4) is 0 Å². The molecule has 0 atom stereocenters. The minimum absolute atomic E-state index is 0.226. The number of aryl methyl sites for hydroxylation is 1. The van der Waals surface area contributed by atoms with Gasteiger partial charge in [0.2, 0.25) is 0 Å². The number of nitrogens with one attached hydrogen (secondary N) is 1. The van der Waals surface area contributed by atoms with E-state index in [-0.39, 0.29) is 16.7 Å². The molecule has 2 aromatic rings. The maximum absolute atomic E-state index is 12.4. The third-order valence-electron chi connectivity index (χ3n) is 3.65. The van der Waals surface area contributed by atoms with Crippen LogP contribution in [-0.4, -0.2) is 28.3 Å². The molecule has 2 N–H and O–H groups in total. The van der Waals surface area contributed by atoms with Gasteiger partial charge in [-0.3, -0.25) is 9.59 Å². The summed E-state index contributed by atoms with van der Waals surface area (Å²) in [7, 11) is 0. The van der Waals surface area contributed by atoms with E-state index in [1.54, 1.807) is 18.2 Å². The van der Waals surface area contributed by atoms with Crippen LogP contribution in [0, 0.1) is 0 Å². The van der Waals surface area contributed by atoms with Crippen molar-refractivity contribution in [1.82, 2.24) is 9.88 Å². The summed E-state index contributed by atoms with van der Waals surface area (Å²) in [6.45, 7) is -1.32. The van der Waals surface area contributed by atoms with Crippen molar-refractivity contribution in [3.8, 4) is 5.75 Å². The van der Waals surface area contributed by atoms with Gasteiger partial charge in [0, 0.05) is 12.7 Å². The average Bonchev–Trinajstić information content (AvgIpc) is 2.58. The average molecular weight is 423 g/mol. The van der Waals surface area contributed by atoms with Crippen molar-refractivity contribution < 1.29 is 23.1 Å². The molecule has 0 aliphatic carbocycles. The van der Waals surface area contributed by atoms with Crippen LogP contribution >= 0.6 is 23.2 Å². The first-order valence-corrected chi connectivity index (χ1v) is 8.55. The summed E-state index contributed by atoms with van der Waals surface area (Å²) in [5.74, 6) is -1.78. The molecule has 0 saturated heterocycles. The van der Waals surface area contributed by atoms with Crippen molar-refractivity contribution >= 4 is 29.1 Å². The van der Waals surface area contributed by atoms with Gasteiger partial charge in [0.25, 0.3) is 11.5 Å². The Morgan fingerprint density at radius 2 is 1.89 bits per heavy atom. The van der Waals surface area contributed by atoms with E-state index in [1.165, 1.54) is 0 Å². The molecule has 0 spiro atoms. The van der Waals surface area contributed by atoms with Crippen molar-refractivity contribution in [2.45, 2.75) is 25.6 Å². The zero-order valence-electron chi connectivity index (χ0n) is 13.8. The fraction of sp³-hybridized carbons (Fsp3) is 0.294. The van der Waals surface area contributed by atoms with Crippen LogP contribution in [-0.2, 0) is 13.0 Å². The van der Waals surface area contributed by atoms with E-state index in [9.17, 15) is 27.9 Å². The number of carbonyl (C=O) groups is 1. The fourth-order valence-corrected chi connectivity index (χ4v) is 2.67. The number of aromatic nitrogens is 1. The van der Waals surface area contributed by atoms with Gasteiger partial charge in [-0.2, -0.15) is 13.2 Å². The summed E-state index contributed by atoms with van der Waals surface area (Å²) in [6, 6.07) is 6.13. The molecule has 0 unspecified atom stereocenters. The highest BCUT2D eigenvalue weighted by molar-refractivity contribution is 6.42. The molecule has 27 heavy (non-hydrogen) atoms. The van der Waals surface area contributed by atoms with Crippen LogP contribution in [0.5, 0.6) is 5.75 Å². The molecule has 0 aliphatic rings. The number of alkyl halides is 3. The van der Waals surface area contributed by atoms with E-state index >= 15 is 0 Å². The lowest BCUT2D eigenvalue weighted by Gasteiger charge is -2.11. The van der Waals surface area contributed by atoms with Crippen LogP contribution in [0.25, 0.3) is 0 Å². The van der Waals surface area contributed by atoms with Crippen molar-refractivity contribution in [3.05, 3.63) is 62.0 Å². The van der Waals surface area contributed by atoms with E-state index in [0.29, 0.717) is 22.9 Å². The molecule has 0 bridgehead atoms. The maximum atomic E-state index is 12.4. The Bertz CT molecular complexity index is 898. The first-order chi connectivity index (χ1) is 12.6. The van der Waals surface area contributed by atoms with Crippen LogP contribution in [0.2, 0.25) is 10.0 Å². The second kappa shape index (κ2) is 8.67. The van der Waals surface area contributed by atoms with Crippen molar-refractivity contribution in [2.75, 3.05) is 6.54 Å². The largest absolute Gasteiger partial charge is 0.502 e. The Hall–Kier alpha value is -2.19. The lowest BCUT2D eigenvalue weighted by molar-refractivity contribution is -0.141. The summed E-state index contributed by atoms with van der Waals surface area (Å²) < 4.78 is 37.4. The zero-order valence-corrected chi connectivity index (χ0v) is 15.3. The predicted molar refractivity (Wildman–Crippen MR) is 95.5 cm³/mol. The fourth-order valence-electron chi connectivity index (χ4n) is 2.35. The molecule has 10 heteroatoms. The lowest BCUT2D eigenvalue weighted by Crippen LogP contribution is -2.31. The number of nitrogens with zero attached hydrogens (tertiary/aromatic N) is 1. The Morgan fingerprint density at radius 3 is 2.52 bits per heavy atom. The number of halogens is 5. The summed E-state index contributed by atoms with van der Waals surface area (Å²) in [5, 5.41) is 13.1. The number of carbonyl (C=O) groups excluding carboxylic acids is 1. The summed E-state index contributed by atoms with van der Waals surface area (Å²) in [4.78, 5) is 23.8. The van der Waals surface area contributed by atoms with Gasteiger partial charge in [-0.05, 0) is 36.6 Å². The molecular weight excluding hydrogens is 408 g/mol. The Balaban J connectivity index is 1.94. The number of hydrogen-bond acceptors (Lipinski definition) is 3. The van der Waals surface area contributed by atoms with E-state index in [0.717, 1.165) is 17.8 Å². The topological polar surface area (TPSA) is 71.3 Å². The van der Waals surface area contributed by atoms with Crippen LogP contribution < -0.4 is 10.9 Å². The molecule has 1 amide bonds. The summed E-state index contributed by atoms with van der Waals surface area (Å²) in [6.07, 6.45) is -2.67. The van der Waals surface area contributed by atoms with E-state index in [4.69, 9.17) is 23.2 Å². The number of hydrogen-bond donors (Lipinski definition) is 2. The molecule has 5 nitrogen and oxygen atoms in total. The third kappa shape index (κ3) is 5.90. The van der Waals surface area contributed by atoms with Crippen molar-refractivity contribution in [1.29, 1.82) is 0 Å². The second-order valence-corrected chi connectivity index (χ2v) is 6.55.